The highest BCUT2D eigenvalue weighted by molar-refractivity contribution is 5.24. The van der Waals surface area contributed by atoms with Gasteiger partial charge in [-0.3, -0.25) is 0 Å². The van der Waals surface area contributed by atoms with E-state index in [0.717, 1.165) is 18.2 Å². The van der Waals surface area contributed by atoms with Gasteiger partial charge in [0.2, 0.25) is 0 Å². The van der Waals surface area contributed by atoms with Crippen LogP contribution >= 0.6 is 0 Å². The van der Waals surface area contributed by atoms with E-state index in [1.807, 2.05) is 0 Å². The largest absolute Gasteiger partial charge is 0.304 e. The summed E-state index contributed by atoms with van der Waals surface area (Å²) in [6.07, 6.45) is 0. The summed E-state index contributed by atoms with van der Waals surface area (Å²) in [6, 6.07) is 6.69. The monoisotopic (exact) mass is 297 g/mol. The van der Waals surface area contributed by atoms with Crippen LogP contribution in [-0.4, -0.2) is 0 Å². The highest BCUT2D eigenvalue weighted by Crippen LogP contribution is 2.23. The van der Waals surface area contributed by atoms with Gasteiger partial charge in [0, 0.05) is 17.6 Å². The fraction of sp³-hybridized carbons (Fsp3) is 0.250. The Kier molecular flexibility index (Phi) is 4.63. The van der Waals surface area contributed by atoms with Crippen molar-refractivity contribution in [2.24, 2.45) is 0 Å². The molecule has 5 heteroatoms. The van der Waals surface area contributed by atoms with Crippen LogP contribution in [0, 0.1) is 23.3 Å². The molecule has 0 amide bonds. The molecule has 0 bridgehead atoms. The fourth-order valence-electron chi connectivity index (χ4n) is 2.20. The molecule has 0 fully saturated rings. The third kappa shape index (κ3) is 3.42. The smallest absolute Gasteiger partial charge is 0.163 e. The van der Waals surface area contributed by atoms with Gasteiger partial charge >= 0.3 is 0 Å². The zero-order valence-corrected chi connectivity index (χ0v) is 11.6. The Morgan fingerprint density at radius 2 is 1.52 bits per heavy atom. The molecule has 0 saturated carbocycles. The molecule has 112 valence electrons. The maximum atomic E-state index is 13.7. The lowest BCUT2D eigenvalue weighted by atomic mass is 10.0. The summed E-state index contributed by atoms with van der Waals surface area (Å²) in [5.41, 5.74) is 0.710. The Morgan fingerprint density at radius 1 is 0.810 bits per heavy atom. The SMILES string of the molecule is CC(NC(C)c1cccc(F)c1F)c1ccc(F)c(F)c1. The molecule has 0 spiro atoms. The van der Waals surface area contributed by atoms with Crippen molar-refractivity contribution in [3.05, 3.63) is 70.8 Å². The molecule has 2 aromatic carbocycles. The minimum Gasteiger partial charge on any atom is -0.304 e. The van der Waals surface area contributed by atoms with Crippen molar-refractivity contribution in [2.75, 3.05) is 0 Å². The Labute approximate surface area is 120 Å². The molecule has 1 nitrogen and oxygen atoms in total. The molecule has 0 aromatic heterocycles. The number of benzene rings is 2. The summed E-state index contributed by atoms with van der Waals surface area (Å²) in [5.74, 6) is -3.68. The number of nitrogens with one attached hydrogen (secondary N) is 1. The van der Waals surface area contributed by atoms with Crippen LogP contribution in [-0.2, 0) is 0 Å². The summed E-state index contributed by atoms with van der Waals surface area (Å²) < 4.78 is 53.0. The summed E-state index contributed by atoms with van der Waals surface area (Å²) in [7, 11) is 0. The highest BCUT2D eigenvalue weighted by atomic mass is 19.2. The lowest BCUT2D eigenvalue weighted by molar-refractivity contribution is 0.446. The first-order valence-electron chi connectivity index (χ1n) is 6.55. The maximum absolute atomic E-state index is 13.7. The average Bonchev–Trinajstić information content (AvgIpc) is 2.44. The number of hydrogen-bond donors (Lipinski definition) is 1. The van der Waals surface area contributed by atoms with Gasteiger partial charge in [0.05, 0.1) is 0 Å². The lowest BCUT2D eigenvalue weighted by Crippen LogP contribution is -2.23. The average molecular weight is 297 g/mol. The quantitative estimate of drug-likeness (QED) is 0.810. The van der Waals surface area contributed by atoms with Gasteiger partial charge in [0.1, 0.15) is 0 Å². The minimum atomic E-state index is -0.939. The summed E-state index contributed by atoms with van der Waals surface area (Å²) in [4.78, 5) is 0. The van der Waals surface area contributed by atoms with Crippen LogP contribution in [0.5, 0.6) is 0 Å². The van der Waals surface area contributed by atoms with Crippen LogP contribution in [0.4, 0.5) is 17.6 Å². The Balaban J connectivity index is 2.16. The van der Waals surface area contributed by atoms with E-state index in [1.54, 1.807) is 13.8 Å². The van der Waals surface area contributed by atoms with Gasteiger partial charge < -0.3 is 5.32 Å². The van der Waals surface area contributed by atoms with Gasteiger partial charge in [-0.2, -0.15) is 0 Å². The second-order valence-electron chi connectivity index (χ2n) is 4.93. The van der Waals surface area contributed by atoms with Crippen LogP contribution in [0.1, 0.15) is 37.1 Å². The van der Waals surface area contributed by atoms with E-state index in [2.05, 4.69) is 5.32 Å². The van der Waals surface area contributed by atoms with Crippen LogP contribution < -0.4 is 5.32 Å². The third-order valence-electron chi connectivity index (χ3n) is 3.39. The molecule has 1 N–H and O–H groups in total. The zero-order chi connectivity index (χ0) is 15.6. The molecule has 0 radical (unpaired) electrons. The molecule has 2 unspecified atom stereocenters. The molecule has 0 heterocycles. The normalized spacial score (nSPS) is 14.0. The van der Waals surface area contributed by atoms with E-state index in [0.29, 0.717) is 5.56 Å². The number of halogens is 4. The van der Waals surface area contributed by atoms with Crippen molar-refractivity contribution in [3.63, 3.8) is 0 Å². The van der Waals surface area contributed by atoms with Gasteiger partial charge in [0.15, 0.2) is 23.3 Å². The Morgan fingerprint density at radius 3 is 2.19 bits per heavy atom. The molecule has 0 aliphatic rings. The fourth-order valence-corrected chi connectivity index (χ4v) is 2.20. The van der Waals surface area contributed by atoms with E-state index in [-0.39, 0.29) is 11.6 Å². The van der Waals surface area contributed by atoms with E-state index >= 15 is 0 Å². The molecule has 2 rings (SSSR count). The zero-order valence-electron chi connectivity index (χ0n) is 11.6. The summed E-state index contributed by atoms with van der Waals surface area (Å²) >= 11 is 0. The van der Waals surface area contributed by atoms with Crippen molar-refractivity contribution in [1.29, 1.82) is 0 Å². The van der Waals surface area contributed by atoms with Crippen molar-refractivity contribution >= 4 is 0 Å². The predicted octanol–water partition coefficient (Wildman–Crippen LogP) is 4.65. The van der Waals surface area contributed by atoms with Crippen LogP contribution in [0.3, 0.4) is 0 Å². The first kappa shape index (κ1) is 15.5. The molecular formula is C16H15F4N. The molecule has 0 aliphatic heterocycles. The summed E-state index contributed by atoms with van der Waals surface area (Å²) in [6.45, 7) is 3.41. The van der Waals surface area contributed by atoms with Gasteiger partial charge in [0.25, 0.3) is 0 Å². The molecule has 2 atom stereocenters. The third-order valence-corrected chi connectivity index (χ3v) is 3.39. The van der Waals surface area contributed by atoms with E-state index in [4.69, 9.17) is 0 Å². The number of hydrogen-bond acceptors (Lipinski definition) is 1. The Bertz CT molecular complexity index is 642. The second kappa shape index (κ2) is 6.26. The molecular weight excluding hydrogens is 282 g/mol. The lowest BCUT2D eigenvalue weighted by Gasteiger charge is -2.21. The Hall–Kier alpha value is -1.88. The first-order chi connectivity index (χ1) is 9.90. The topological polar surface area (TPSA) is 12.0 Å². The van der Waals surface area contributed by atoms with Crippen molar-refractivity contribution in [1.82, 2.24) is 5.32 Å². The number of rotatable bonds is 4. The minimum absolute atomic E-state index is 0.185. The van der Waals surface area contributed by atoms with E-state index in [9.17, 15) is 17.6 Å². The standard InChI is InChI=1S/C16H15F4N/c1-9(11-6-7-13(17)15(19)8-11)21-10(2)12-4-3-5-14(18)16(12)20/h3-10,21H,1-2H3. The van der Waals surface area contributed by atoms with Gasteiger partial charge in [-0.15, -0.1) is 0 Å². The van der Waals surface area contributed by atoms with E-state index < -0.39 is 29.3 Å². The van der Waals surface area contributed by atoms with Gasteiger partial charge in [-0.05, 0) is 37.6 Å². The highest BCUT2D eigenvalue weighted by Gasteiger charge is 2.17. The van der Waals surface area contributed by atoms with Crippen molar-refractivity contribution in [3.8, 4) is 0 Å². The molecule has 0 aliphatic carbocycles. The summed E-state index contributed by atoms with van der Waals surface area (Å²) in [5, 5.41) is 3.03. The maximum Gasteiger partial charge on any atom is 0.163 e. The van der Waals surface area contributed by atoms with Crippen molar-refractivity contribution < 1.29 is 17.6 Å². The molecule has 2 aromatic rings. The van der Waals surface area contributed by atoms with E-state index in [1.165, 1.54) is 18.2 Å². The van der Waals surface area contributed by atoms with Crippen LogP contribution in [0.15, 0.2) is 36.4 Å². The van der Waals surface area contributed by atoms with Crippen molar-refractivity contribution in [2.45, 2.75) is 25.9 Å². The van der Waals surface area contributed by atoms with Gasteiger partial charge in [-0.1, -0.05) is 18.2 Å². The van der Waals surface area contributed by atoms with Gasteiger partial charge in [-0.25, -0.2) is 17.6 Å². The first-order valence-corrected chi connectivity index (χ1v) is 6.55. The van der Waals surface area contributed by atoms with Crippen LogP contribution in [0.25, 0.3) is 0 Å². The predicted molar refractivity (Wildman–Crippen MR) is 72.7 cm³/mol. The van der Waals surface area contributed by atoms with Crippen LogP contribution in [0.2, 0.25) is 0 Å². The molecule has 21 heavy (non-hydrogen) atoms. The second-order valence-corrected chi connectivity index (χ2v) is 4.93. The molecule has 0 saturated heterocycles.